The van der Waals surface area contributed by atoms with Gasteiger partial charge in [0.2, 0.25) is 5.91 Å². The van der Waals surface area contributed by atoms with Crippen molar-refractivity contribution in [2.45, 2.75) is 33.6 Å². The van der Waals surface area contributed by atoms with Crippen molar-refractivity contribution in [1.82, 2.24) is 15.3 Å². The maximum Gasteiger partial charge on any atom is 0.356 e. The van der Waals surface area contributed by atoms with Crippen LogP contribution in [0.2, 0.25) is 0 Å². The third-order valence-electron chi connectivity index (χ3n) is 2.67. The number of carbonyl (C=O) groups is 2. The molecule has 0 aromatic carbocycles. The summed E-state index contributed by atoms with van der Waals surface area (Å²) in [4.78, 5) is 31.0. The Balaban J connectivity index is 2.74. The van der Waals surface area contributed by atoms with Crippen molar-refractivity contribution in [2.24, 2.45) is 5.92 Å². The van der Waals surface area contributed by atoms with Gasteiger partial charge in [-0.3, -0.25) is 4.79 Å². The molecule has 0 atom stereocenters. The number of nitrogens with one attached hydrogen (secondary N) is 2. The monoisotopic (exact) mass is 294 g/mol. The summed E-state index contributed by atoms with van der Waals surface area (Å²) < 4.78 is 0. The van der Waals surface area contributed by atoms with Crippen LogP contribution in [0, 0.1) is 5.92 Å². The van der Waals surface area contributed by atoms with E-state index in [4.69, 9.17) is 0 Å². The molecule has 0 saturated heterocycles. The largest absolute Gasteiger partial charge is 0.476 e. The minimum Gasteiger partial charge on any atom is -0.476 e. The fourth-order valence-corrected chi connectivity index (χ4v) is 1.52. The molecular weight excluding hydrogens is 272 g/mol. The Labute approximate surface area is 124 Å². The standard InChI is InChI=1S/C14H22N4O3/c1-8(2)5-16-11(19)7-15-10-6-17-13(9(3)4)18-12(10)14(20)21/h6,8-9,15H,5,7H2,1-4H3,(H,16,19)(H,20,21). The predicted molar refractivity (Wildman–Crippen MR) is 79.4 cm³/mol. The molecule has 1 amide bonds. The van der Waals surface area contributed by atoms with Crippen molar-refractivity contribution in [3.05, 3.63) is 17.7 Å². The molecule has 1 aromatic rings. The lowest BCUT2D eigenvalue weighted by molar-refractivity contribution is -0.119. The molecule has 21 heavy (non-hydrogen) atoms. The van der Waals surface area contributed by atoms with E-state index >= 15 is 0 Å². The van der Waals surface area contributed by atoms with E-state index in [2.05, 4.69) is 20.6 Å². The topological polar surface area (TPSA) is 104 Å². The molecule has 0 aliphatic heterocycles. The van der Waals surface area contributed by atoms with E-state index in [1.807, 2.05) is 27.7 Å². The van der Waals surface area contributed by atoms with Crippen molar-refractivity contribution in [2.75, 3.05) is 18.4 Å². The number of carbonyl (C=O) groups excluding carboxylic acids is 1. The number of carboxylic acid groups (broad SMARTS) is 1. The van der Waals surface area contributed by atoms with Crippen LogP contribution < -0.4 is 10.6 Å². The van der Waals surface area contributed by atoms with E-state index < -0.39 is 5.97 Å². The van der Waals surface area contributed by atoms with Crippen molar-refractivity contribution in [3.8, 4) is 0 Å². The molecule has 1 heterocycles. The predicted octanol–water partition coefficient (Wildman–Crippen LogP) is 1.48. The Morgan fingerprint density at radius 2 is 1.95 bits per heavy atom. The molecule has 0 bridgehead atoms. The Kier molecular flexibility index (Phi) is 6.08. The Bertz CT molecular complexity index is 515. The number of amides is 1. The lowest BCUT2D eigenvalue weighted by atomic mass is 10.2. The number of hydrogen-bond donors (Lipinski definition) is 3. The van der Waals surface area contributed by atoms with Crippen LogP contribution in [0.1, 0.15) is 49.9 Å². The highest BCUT2D eigenvalue weighted by molar-refractivity contribution is 5.92. The molecule has 0 unspecified atom stereocenters. The van der Waals surface area contributed by atoms with Crippen molar-refractivity contribution in [1.29, 1.82) is 0 Å². The average molecular weight is 294 g/mol. The van der Waals surface area contributed by atoms with Crippen LogP contribution in [0.5, 0.6) is 0 Å². The van der Waals surface area contributed by atoms with Gasteiger partial charge in [0, 0.05) is 12.5 Å². The molecule has 3 N–H and O–H groups in total. The highest BCUT2D eigenvalue weighted by Gasteiger charge is 2.16. The molecule has 0 spiro atoms. The zero-order valence-electron chi connectivity index (χ0n) is 12.8. The second-order valence-corrected chi connectivity index (χ2v) is 5.50. The second kappa shape index (κ2) is 7.56. The maximum atomic E-state index is 11.6. The summed E-state index contributed by atoms with van der Waals surface area (Å²) in [6.07, 6.45) is 1.40. The van der Waals surface area contributed by atoms with Gasteiger partial charge in [-0.1, -0.05) is 27.7 Å². The van der Waals surface area contributed by atoms with E-state index in [9.17, 15) is 14.7 Å². The Hall–Kier alpha value is -2.18. The minimum absolute atomic E-state index is 0.0165. The SMILES string of the molecule is CC(C)CNC(=O)CNc1cnc(C(C)C)nc1C(=O)O. The van der Waals surface area contributed by atoms with E-state index in [0.717, 1.165) is 0 Å². The molecule has 0 aliphatic carbocycles. The second-order valence-electron chi connectivity index (χ2n) is 5.50. The number of carboxylic acids is 1. The summed E-state index contributed by atoms with van der Waals surface area (Å²) in [6, 6.07) is 0. The van der Waals surface area contributed by atoms with Gasteiger partial charge in [0.15, 0.2) is 5.69 Å². The van der Waals surface area contributed by atoms with Crippen molar-refractivity contribution < 1.29 is 14.7 Å². The van der Waals surface area contributed by atoms with Crippen LogP contribution in [0.4, 0.5) is 5.69 Å². The number of rotatable bonds is 7. The van der Waals surface area contributed by atoms with Gasteiger partial charge in [-0.2, -0.15) is 0 Å². The van der Waals surface area contributed by atoms with Crippen LogP contribution in [0.3, 0.4) is 0 Å². The average Bonchev–Trinajstić information content (AvgIpc) is 2.42. The maximum absolute atomic E-state index is 11.6. The Morgan fingerprint density at radius 3 is 2.48 bits per heavy atom. The summed E-state index contributed by atoms with van der Waals surface area (Å²) in [6.45, 7) is 8.32. The lowest BCUT2D eigenvalue weighted by Crippen LogP contribution is -2.32. The number of hydrogen-bond acceptors (Lipinski definition) is 5. The molecule has 0 saturated carbocycles. The molecular formula is C14H22N4O3. The number of aromatic carboxylic acids is 1. The van der Waals surface area contributed by atoms with Gasteiger partial charge in [0.1, 0.15) is 5.82 Å². The normalized spacial score (nSPS) is 10.8. The summed E-state index contributed by atoms with van der Waals surface area (Å²) in [5.74, 6) is -0.497. The summed E-state index contributed by atoms with van der Waals surface area (Å²) in [7, 11) is 0. The highest BCUT2D eigenvalue weighted by atomic mass is 16.4. The van der Waals surface area contributed by atoms with Gasteiger partial charge in [-0.05, 0) is 5.92 Å². The molecule has 7 heteroatoms. The van der Waals surface area contributed by atoms with Gasteiger partial charge in [-0.15, -0.1) is 0 Å². The molecule has 7 nitrogen and oxygen atoms in total. The summed E-state index contributed by atoms with van der Waals surface area (Å²) in [5, 5.41) is 14.7. The number of nitrogens with zero attached hydrogens (tertiary/aromatic N) is 2. The molecule has 0 radical (unpaired) electrons. The fourth-order valence-electron chi connectivity index (χ4n) is 1.52. The van der Waals surface area contributed by atoms with E-state index in [1.54, 1.807) is 0 Å². The van der Waals surface area contributed by atoms with Gasteiger partial charge in [-0.25, -0.2) is 14.8 Å². The van der Waals surface area contributed by atoms with Gasteiger partial charge < -0.3 is 15.7 Å². The van der Waals surface area contributed by atoms with E-state index in [0.29, 0.717) is 18.3 Å². The van der Waals surface area contributed by atoms with Crippen LogP contribution in [0.15, 0.2) is 6.20 Å². The Morgan fingerprint density at radius 1 is 1.29 bits per heavy atom. The smallest absolute Gasteiger partial charge is 0.356 e. The molecule has 0 aliphatic rings. The van der Waals surface area contributed by atoms with Crippen molar-refractivity contribution in [3.63, 3.8) is 0 Å². The molecule has 1 aromatic heterocycles. The van der Waals surface area contributed by atoms with Gasteiger partial charge in [0.05, 0.1) is 18.4 Å². The van der Waals surface area contributed by atoms with Crippen LogP contribution in [-0.2, 0) is 4.79 Å². The van der Waals surface area contributed by atoms with Gasteiger partial charge in [0.25, 0.3) is 0 Å². The van der Waals surface area contributed by atoms with Crippen molar-refractivity contribution >= 4 is 17.6 Å². The van der Waals surface area contributed by atoms with Gasteiger partial charge >= 0.3 is 5.97 Å². The highest BCUT2D eigenvalue weighted by Crippen LogP contribution is 2.16. The van der Waals surface area contributed by atoms with Crippen LogP contribution >= 0.6 is 0 Å². The molecule has 116 valence electrons. The summed E-state index contributed by atoms with van der Waals surface area (Å²) >= 11 is 0. The van der Waals surface area contributed by atoms with E-state index in [-0.39, 0.29) is 29.8 Å². The fraction of sp³-hybridized carbons (Fsp3) is 0.571. The molecule has 0 fully saturated rings. The minimum atomic E-state index is -1.15. The zero-order chi connectivity index (χ0) is 16.0. The number of anilines is 1. The quantitative estimate of drug-likeness (QED) is 0.703. The first-order chi connectivity index (χ1) is 9.81. The summed E-state index contributed by atoms with van der Waals surface area (Å²) in [5.41, 5.74) is 0.122. The first kappa shape index (κ1) is 16.9. The zero-order valence-corrected chi connectivity index (χ0v) is 12.8. The van der Waals surface area contributed by atoms with E-state index in [1.165, 1.54) is 6.20 Å². The van der Waals surface area contributed by atoms with Crippen LogP contribution in [-0.4, -0.2) is 40.0 Å². The third kappa shape index (κ3) is 5.37. The number of aromatic nitrogens is 2. The first-order valence-electron chi connectivity index (χ1n) is 6.92. The first-order valence-corrected chi connectivity index (χ1v) is 6.92. The van der Waals surface area contributed by atoms with Crippen LogP contribution in [0.25, 0.3) is 0 Å². The lowest BCUT2D eigenvalue weighted by Gasteiger charge is -2.12. The third-order valence-corrected chi connectivity index (χ3v) is 2.67. The molecule has 1 rings (SSSR count).